The van der Waals surface area contributed by atoms with Crippen LogP contribution in [0.25, 0.3) is 0 Å². The van der Waals surface area contributed by atoms with Crippen LogP contribution in [0, 0.1) is 0 Å². The molecule has 1 aromatic carbocycles. The van der Waals surface area contributed by atoms with Crippen molar-refractivity contribution < 1.29 is 74.2 Å². The van der Waals surface area contributed by atoms with Gasteiger partial charge in [0.1, 0.15) is 0 Å². The normalized spacial score (nSPS) is 15.8. The van der Waals surface area contributed by atoms with Gasteiger partial charge in [0.05, 0.1) is 6.61 Å². The van der Waals surface area contributed by atoms with Crippen LogP contribution in [-0.4, -0.2) is 49.4 Å². The van der Waals surface area contributed by atoms with Crippen molar-refractivity contribution in [3.8, 4) is 0 Å². The van der Waals surface area contributed by atoms with Crippen LogP contribution in [0.2, 0.25) is 0 Å². The van der Waals surface area contributed by atoms with Crippen LogP contribution in [0.5, 0.6) is 0 Å². The number of benzene rings is 1. The first-order valence-electron chi connectivity index (χ1n) is 9.56. The molecule has 0 aromatic heterocycles. The van der Waals surface area contributed by atoms with E-state index < -0.39 is 64.3 Å². The lowest BCUT2D eigenvalue weighted by atomic mass is 9.88. The lowest BCUT2D eigenvalue weighted by Gasteiger charge is -2.39. The summed E-state index contributed by atoms with van der Waals surface area (Å²) in [5, 5.41) is 0. The summed E-state index contributed by atoms with van der Waals surface area (Å²) in [6.07, 6.45) is -6.58. The first-order chi connectivity index (χ1) is 15.9. The minimum atomic E-state index is -8.00. The summed E-state index contributed by atoms with van der Waals surface area (Å²) in [4.78, 5) is 0. The molecular weight excluding hydrogens is 559 g/mol. The van der Waals surface area contributed by atoms with Gasteiger partial charge in [-0.3, -0.25) is 4.55 Å². The van der Waals surface area contributed by atoms with Crippen LogP contribution in [0.4, 0.5) is 57.1 Å². The van der Waals surface area contributed by atoms with Crippen molar-refractivity contribution in [1.29, 1.82) is 0 Å². The predicted molar refractivity (Wildman–Crippen MR) is 95.9 cm³/mol. The molecular formula is C18H17F13O4S. The Hall–Kier alpha value is -1.82. The molecule has 0 aliphatic rings. The lowest BCUT2D eigenvalue weighted by molar-refractivity contribution is -0.441. The Labute approximate surface area is 195 Å². The Kier molecular flexibility index (Phi) is 9.08. The van der Waals surface area contributed by atoms with Gasteiger partial charge in [-0.1, -0.05) is 44.0 Å². The minimum Gasteiger partial charge on any atom is -0.264 e. The summed E-state index contributed by atoms with van der Waals surface area (Å²) >= 11 is 0. The fourth-order valence-corrected chi connectivity index (χ4v) is 3.22. The van der Waals surface area contributed by atoms with Crippen LogP contribution in [0.1, 0.15) is 43.2 Å². The number of halogens is 13. The predicted octanol–water partition coefficient (Wildman–Crippen LogP) is 6.98. The van der Waals surface area contributed by atoms with E-state index in [1.165, 1.54) is 0 Å². The molecule has 1 atom stereocenters. The molecule has 0 aliphatic heterocycles. The highest BCUT2D eigenvalue weighted by atomic mass is 32.3. The van der Waals surface area contributed by atoms with E-state index in [-0.39, 0.29) is 24.1 Å². The van der Waals surface area contributed by atoms with Crippen molar-refractivity contribution in [2.75, 3.05) is 6.61 Å². The van der Waals surface area contributed by atoms with Crippen LogP contribution in [-0.2, 0) is 20.5 Å². The molecule has 4 nitrogen and oxygen atoms in total. The maximum Gasteiger partial charge on any atom is 0.460 e. The molecule has 0 saturated heterocycles. The molecule has 0 saturated carbocycles. The first kappa shape index (κ1) is 32.2. The second kappa shape index (κ2) is 10.2. The topological polar surface area (TPSA) is 63.6 Å². The summed E-state index contributed by atoms with van der Waals surface area (Å²) in [7, 11) is -4.97. The third-order valence-corrected chi connectivity index (χ3v) is 5.44. The van der Waals surface area contributed by atoms with Gasteiger partial charge in [-0.15, -0.1) is 0 Å². The fourth-order valence-electron chi connectivity index (χ4n) is 2.88. The highest BCUT2D eigenvalue weighted by molar-refractivity contribution is 7.80. The summed E-state index contributed by atoms with van der Waals surface area (Å²) in [5.41, 5.74) is -2.30. The van der Waals surface area contributed by atoms with Gasteiger partial charge in [0.25, 0.3) is 0 Å². The molecule has 1 aromatic rings. The minimum absolute atomic E-state index is 0.0221. The molecule has 36 heavy (non-hydrogen) atoms. The van der Waals surface area contributed by atoms with Gasteiger partial charge in [0.15, 0.2) is 0 Å². The van der Waals surface area contributed by atoms with E-state index in [0.29, 0.717) is 25.0 Å². The standard InChI is InChI=1S/C18H17F13O4S/c1-2-3-4-11(9-35-36(32,33)34)10-5-7-12(8-6-10)13(19,20)14(21,22)15(23,24)16(25,26)17(27,28)18(29,30)31/h5-8,11H,2-4,9H2,1H3,(H,32,33,34). The van der Waals surface area contributed by atoms with E-state index in [1.807, 2.05) is 0 Å². The Morgan fingerprint density at radius 1 is 0.778 bits per heavy atom. The van der Waals surface area contributed by atoms with Crippen molar-refractivity contribution in [1.82, 2.24) is 0 Å². The van der Waals surface area contributed by atoms with Gasteiger partial charge in [-0.25, -0.2) is 4.18 Å². The van der Waals surface area contributed by atoms with Gasteiger partial charge < -0.3 is 0 Å². The number of hydrogen-bond donors (Lipinski definition) is 1. The Bertz CT molecular complexity index is 989. The number of hydrogen-bond acceptors (Lipinski definition) is 3. The molecule has 0 bridgehead atoms. The van der Waals surface area contributed by atoms with Crippen molar-refractivity contribution in [3.63, 3.8) is 0 Å². The average molecular weight is 576 g/mol. The third kappa shape index (κ3) is 5.84. The molecule has 0 spiro atoms. The van der Waals surface area contributed by atoms with Gasteiger partial charge in [0.2, 0.25) is 0 Å². The van der Waals surface area contributed by atoms with Crippen molar-refractivity contribution >= 4 is 10.4 Å². The van der Waals surface area contributed by atoms with Gasteiger partial charge in [-0.2, -0.15) is 65.5 Å². The zero-order valence-electron chi connectivity index (χ0n) is 17.7. The van der Waals surface area contributed by atoms with Crippen LogP contribution in [0.3, 0.4) is 0 Å². The maximum atomic E-state index is 14.3. The van der Waals surface area contributed by atoms with E-state index in [4.69, 9.17) is 4.55 Å². The highest BCUT2D eigenvalue weighted by Crippen LogP contribution is 2.62. The van der Waals surface area contributed by atoms with Crippen LogP contribution >= 0.6 is 0 Å². The zero-order chi connectivity index (χ0) is 28.6. The number of unbranched alkanes of at least 4 members (excludes halogenated alkanes) is 1. The molecule has 1 rings (SSSR count). The molecule has 0 fully saturated rings. The summed E-state index contributed by atoms with van der Waals surface area (Å²) in [5.74, 6) is -38.6. The summed E-state index contributed by atoms with van der Waals surface area (Å²) in [6, 6.07) is 1.03. The highest BCUT2D eigenvalue weighted by Gasteiger charge is 2.90. The second-order valence-electron chi connectivity index (χ2n) is 7.54. The molecule has 18 heteroatoms. The largest absolute Gasteiger partial charge is 0.460 e. The maximum absolute atomic E-state index is 14.3. The van der Waals surface area contributed by atoms with E-state index in [9.17, 15) is 65.5 Å². The van der Waals surface area contributed by atoms with E-state index in [2.05, 4.69) is 4.18 Å². The molecule has 0 amide bonds. The van der Waals surface area contributed by atoms with E-state index in [1.54, 1.807) is 6.92 Å². The van der Waals surface area contributed by atoms with Crippen LogP contribution < -0.4 is 0 Å². The van der Waals surface area contributed by atoms with Crippen molar-refractivity contribution in [2.45, 2.75) is 67.9 Å². The molecule has 0 heterocycles. The number of rotatable bonds is 12. The molecule has 1 unspecified atom stereocenters. The average Bonchev–Trinajstić information content (AvgIpc) is 2.71. The fraction of sp³-hybridized carbons (Fsp3) is 0.667. The molecule has 0 aliphatic carbocycles. The van der Waals surface area contributed by atoms with Gasteiger partial charge in [-0.05, 0) is 12.0 Å². The molecule has 1 N–H and O–H groups in total. The van der Waals surface area contributed by atoms with Gasteiger partial charge >= 0.3 is 46.2 Å². The Morgan fingerprint density at radius 3 is 1.61 bits per heavy atom. The lowest BCUT2D eigenvalue weighted by Crippen LogP contribution is -2.69. The molecule has 0 radical (unpaired) electrons. The monoisotopic (exact) mass is 576 g/mol. The third-order valence-electron chi connectivity index (χ3n) is 5.00. The zero-order valence-corrected chi connectivity index (χ0v) is 18.5. The Balaban J connectivity index is 3.43. The SMILES string of the molecule is CCCCC(COS(=O)(=O)O)c1ccc(C(F)(F)C(F)(F)C(F)(F)C(F)(F)C(F)(F)C(F)(F)F)cc1. The van der Waals surface area contributed by atoms with E-state index in [0.717, 1.165) is 0 Å². The van der Waals surface area contributed by atoms with Crippen LogP contribution in [0.15, 0.2) is 24.3 Å². The number of alkyl halides is 13. The summed E-state index contributed by atoms with van der Waals surface area (Å²) in [6.45, 7) is 0.881. The van der Waals surface area contributed by atoms with Crippen molar-refractivity contribution in [2.24, 2.45) is 0 Å². The smallest absolute Gasteiger partial charge is 0.264 e. The first-order valence-corrected chi connectivity index (χ1v) is 10.9. The molecule has 210 valence electrons. The Morgan fingerprint density at radius 2 is 1.22 bits per heavy atom. The quantitative estimate of drug-likeness (QED) is 0.216. The van der Waals surface area contributed by atoms with Crippen molar-refractivity contribution in [3.05, 3.63) is 35.4 Å². The van der Waals surface area contributed by atoms with E-state index >= 15 is 0 Å². The second-order valence-corrected chi connectivity index (χ2v) is 8.63. The van der Waals surface area contributed by atoms with Gasteiger partial charge in [0, 0.05) is 11.5 Å². The summed E-state index contributed by atoms with van der Waals surface area (Å²) < 4.78 is 207.